The van der Waals surface area contributed by atoms with Crippen molar-refractivity contribution in [2.24, 2.45) is 0 Å². The lowest BCUT2D eigenvalue weighted by Crippen LogP contribution is -2.52. The van der Waals surface area contributed by atoms with Crippen LogP contribution in [0.2, 0.25) is 0 Å². The molecule has 10 nitrogen and oxygen atoms in total. The van der Waals surface area contributed by atoms with Crippen molar-refractivity contribution in [1.29, 1.82) is 0 Å². The number of hydrogen-bond donors (Lipinski definition) is 2. The number of carbonyl (C=O) groups excluding carboxylic acids is 1. The van der Waals surface area contributed by atoms with Gasteiger partial charge in [0, 0.05) is 58.4 Å². The Bertz CT molecular complexity index is 1320. The first-order chi connectivity index (χ1) is 18.5. The molecular formula is C28H34N6O4. The Kier molecular flexibility index (Phi) is 7.78. The summed E-state index contributed by atoms with van der Waals surface area (Å²) < 4.78 is 10.9. The summed E-state index contributed by atoms with van der Waals surface area (Å²) in [7, 11) is 3.29. The number of urea groups is 1. The van der Waals surface area contributed by atoms with E-state index in [1.54, 1.807) is 25.2 Å². The van der Waals surface area contributed by atoms with Gasteiger partial charge in [-0.15, -0.1) is 0 Å². The van der Waals surface area contributed by atoms with Gasteiger partial charge in [0.2, 0.25) is 5.95 Å². The monoisotopic (exact) mass is 518 g/mol. The second-order valence-electron chi connectivity index (χ2n) is 9.62. The highest BCUT2D eigenvalue weighted by molar-refractivity contribution is 5.74. The summed E-state index contributed by atoms with van der Waals surface area (Å²) in [4.78, 5) is 38.9. The fraction of sp³-hybridized carbons (Fsp3) is 0.393. The number of methoxy groups -OCH3 is 2. The van der Waals surface area contributed by atoms with Crippen molar-refractivity contribution in [3.63, 3.8) is 0 Å². The lowest BCUT2D eigenvalue weighted by atomic mass is 9.98. The molecule has 3 aromatic rings. The Balaban J connectivity index is 1.18. The van der Waals surface area contributed by atoms with Crippen LogP contribution >= 0.6 is 0 Å². The second-order valence-corrected chi connectivity index (χ2v) is 9.62. The van der Waals surface area contributed by atoms with E-state index < -0.39 is 0 Å². The lowest BCUT2D eigenvalue weighted by molar-refractivity contribution is 0.193. The highest BCUT2D eigenvalue weighted by atomic mass is 16.5. The van der Waals surface area contributed by atoms with Crippen molar-refractivity contribution in [2.45, 2.75) is 26.1 Å². The fourth-order valence-corrected chi connectivity index (χ4v) is 5.04. The second kappa shape index (κ2) is 11.6. The van der Waals surface area contributed by atoms with Crippen LogP contribution in [0.5, 0.6) is 11.5 Å². The van der Waals surface area contributed by atoms with Crippen LogP contribution in [-0.2, 0) is 26.1 Å². The van der Waals surface area contributed by atoms with E-state index in [9.17, 15) is 9.59 Å². The standard InChI is InChI=1S/C28H34N6O4/c1-37-24-14-21-8-9-32(18-22(21)15-25(24)38-2)19-23-16-26(35)31-27(30-23)33-10-12-34(13-11-33)28(36)29-17-20-6-4-3-5-7-20/h3-7,14-16H,8-13,17-19H2,1-2H3,(H,29,36)(H,30,31,35). The summed E-state index contributed by atoms with van der Waals surface area (Å²) in [6, 6.07) is 15.4. The fourth-order valence-electron chi connectivity index (χ4n) is 5.04. The summed E-state index contributed by atoms with van der Waals surface area (Å²) in [6.07, 6.45) is 0.889. The number of H-pyrrole nitrogens is 1. The number of nitrogens with zero attached hydrogens (tertiary/aromatic N) is 4. The van der Waals surface area contributed by atoms with Crippen LogP contribution in [0, 0.1) is 0 Å². The van der Waals surface area contributed by atoms with E-state index in [0.29, 0.717) is 45.2 Å². The molecule has 0 atom stereocenters. The first-order valence-electron chi connectivity index (χ1n) is 12.9. The molecular weight excluding hydrogens is 484 g/mol. The lowest BCUT2D eigenvalue weighted by Gasteiger charge is -2.35. The van der Waals surface area contributed by atoms with Gasteiger partial charge in [-0.2, -0.15) is 0 Å². The number of rotatable bonds is 7. The van der Waals surface area contributed by atoms with E-state index >= 15 is 0 Å². The minimum Gasteiger partial charge on any atom is -0.493 e. The van der Waals surface area contributed by atoms with Gasteiger partial charge < -0.3 is 24.6 Å². The third-order valence-corrected chi connectivity index (χ3v) is 7.12. The third kappa shape index (κ3) is 5.91. The number of aromatic amines is 1. The summed E-state index contributed by atoms with van der Waals surface area (Å²) in [5.74, 6) is 2.02. The number of ether oxygens (including phenoxy) is 2. The average molecular weight is 519 g/mol. The summed E-state index contributed by atoms with van der Waals surface area (Å²) >= 11 is 0. The number of benzene rings is 2. The molecule has 2 aliphatic rings. The van der Waals surface area contributed by atoms with Crippen molar-refractivity contribution >= 4 is 12.0 Å². The molecule has 2 N–H and O–H groups in total. The molecule has 2 aromatic carbocycles. The van der Waals surface area contributed by atoms with Gasteiger partial charge >= 0.3 is 6.03 Å². The normalized spacial score (nSPS) is 15.6. The number of piperazine rings is 1. The minimum absolute atomic E-state index is 0.0802. The van der Waals surface area contributed by atoms with E-state index in [0.717, 1.165) is 42.3 Å². The molecule has 0 saturated carbocycles. The maximum atomic E-state index is 12.6. The van der Waals surface area contributed by atoms with E-state index in [4.69, 9.17) is 14.5 Å². The molecule has 2 amide bonds. The van der Waals surface area contributed by atoms with Crippen LogP contribution in [0.3, 0.4) is 0 Å². The molecule has 10 heteroatoms. The number of amides is 2. The maximum Gasteiger partial charge on any atom is 0.317 e. The first-order valence-corrected chi connectivity index (χ1v) is 12.9. The number of fused-ring (bicyclic) bond motifs is 1. The number of anilines is 1. The third-order valence-electron chi connectivity index (χ3n) is 7.12. The predicted molar refractivity (Wildman–Crippen MR) is 145 cm³/mol. The van der Waals surface area contributed by atoms with Gasteiger partial charge in [-0.1, -0.05) is 30.3 Å². The Labute approximate surface area is 222 Å². The van der Waals surface area contributed by atoms with Crippen molar-refractivity contribution < 1.29 is 14.3 Å². The minimum atomic E-state index is -0.170. The van der Waals surface area contributed by atoms with Crippen molar-refractivity contribution in [3.05, 3.63) is 81.3 Å². The molecule has 0 spiro atoms. The Morgan fingerprint density at radius 1 is 0.974 bits per heavy atom. The van der Waals surface area contributed by atoms with Crippen LogP contribution in [-0.4, -0.2) is 72.7 Å². The quantitative estimate of drug-likeness (QED) is 0.495. The van der Waals surface area contributed by atoms with E-state index in [2.05, 4.69) is 21.3 Å². The van der Waals surface area contributed by atoms with Crippen LogP contribution < -0.4 is 25.2 Å². The molecule has 3 heterocycles. The van der Waals surface area contributed by atoms with Crippen LogP contribution in [0.25, 0.3) is 0 Å². The average Bonchev–Trinajstić information content (AvgIpc) is 2.95. The SMILES string of the molecule is COc1cc2c(cc1OC)CN(Cc1cc(=O)[nH]c(N3CCN(C(=O)NCc4ccccc4)CC3)n1)CC2. The molecule has 0 unspecified atom stereocenters. The molecule has 200 valence electrons. The van der Waals surface area contributed by atoms with Gasteiger partial charge in [0.25, 0.3) is 5.56 Å². The molecule has 38 heavy (non-hydrogen) atoms. The molecule has 0 radical (unpaired) electrons. The van der Waals surface area contributed by atoms with Gasteiger partial charge in [-0.25, -0.2) is 9.78 Å². The molecule has 2 aliphatic heterocycles. The van der Waals surface area contributed by atoms with Gasteiger partial charge in [-0.3, -0.25) is 14.7 Å². The number of aromatic nitrogens is 2. The molecule has 0 bridgehead atoms. The van der Waals surface area contributed by atoms with Crippen LogP contribution in [0.4, 0.5) is 10.7 Å². The molecule has 5 rings (SSSR count). The maximum absolute atomic E-state index is 12.6. The Morgan fingerprint density at radius 2 is 1.68 bits per heavy atom. The van der Waals surface area contributed by atoms with Crippen LogP contribution in [0.1, 0.15) is 22.4 Å². The first kappa shape index (κ1) is 25.6. The largest absolute Gasteiger partial charge is 0.493 e. The van der Waals surface area contributed by atoms with Crippen molar-refractivity contribution in [1.82, 2.24) is 25.1 Å². The topological polar surface area (TPSA) is 103 Å². The smallest absolute Gasteiger partial charge is 0.317 e. The highest BCUT2D eigenvalue weighted by Crippen LogP contribution is 2.33. The van der Waals surface area contributed by atoms with Crippen molar-refractivity contribution in [2.75, 3.05) is 51.8 Å². The zero-order chi connectivity index (χ0) is 26.5. The molecule has 1 aromatic heterocycles. The van der Waals surface area contributed by atoms with Gasteiger partial charge in [-0.05, 0) is 35.2 Å². The Morgan fingerprint density at radius 3 is 2.39 bits per heavy atom. The van der Waals surface area contributed by atoms with Crippen LogP contribution in [0.15, 0.2) is 53.3 Å². The van der Waals surface area contributed by atoms with E-state index in [1.165, 1.54) is 11.1 Å². The zero-order valence-electron chi connectivity index (χ0n) is 21.9. The number of nitrogens with one attached hydrogen (secondary N) is 2. The summed E-state index contributed by atoms with van der Waals surface area (Å²) in [5, 5.41) is 2.98. The summed E-state index contributed by atoms with van der Waals surface area (Å²) in [5.41, 5.74) is 4.08. The van der Waals surface area contributed by atoms with Gasteiger partial charge in [0.15, 0.2) is 11.5 Å². The highest BCUT2D eigenvalue weighted by Gasteiger charge is 2.24. The van der Waals surface area contributed by atoms with Gasteiger partial charge in [0.05, 0.1) is 19.9 Å². The van der Waals surface area contributed by atoms with E-state index in [1.807, 2.05) is 41.3 Å². The Hall–Kier alpha value is -4.05. The number of carbonyl (C=O) groups is 1. The predicted octanol–water partition coefficient (Wildman–Crippen LogP) is 2.38. The molecule has 1 saturated heterocycles. The zero-order valence-corrected chi connectivity index (χ0v) is 21.9. The summed E-state index contributed by atoms with van der Waals surface area (Å²) in [6.45, 7) is 5.00. The molecule has 0 aliphatic carbocycles. The van der Waals surface area contributed by atoms with Gasteiger partial charge in [0.1, 0.15) is 0 Å². The van der Waals surface area contributed by atoms with Crippen molar-refractivity contribution in [3.8, 4) is 11.5 Å². The molecule has 1 fully saturated rings. The number of hydrogen-bond acceptors (Lipinski definition) is 7. The van der Waals surface area contributed by atoms with E-state index in [-0.39, 0.29) is 11.6 Å².